The van der Waals surface area contributed by atoms with E-state index in [1.807, 2.05) is 20.8 Å². The molecular formula is C15H22O4. The van der Waals surface area contributed by atoms with Gasteiger partial charge < -0.3 is 20.4 Å². The number of aliphatic hydroxyl groups is 3. The van der Waals surface area contributed by atoms with Crippen molar-refractivity contribution in [2.45, 2.75) is 39.7 Å². The molecule has 0 amide bonds. The van der Waals surface area contributed by atoms with Crippen molar-refractivity contribution in [1.82, 2.24) is 0 Å². The summed E-state index contributed by atoms with van der Waals surface area (Å²) in [5.74, 6) is 0.195. The quantitative estimate of drug-likeness (QED) is 0.661. The van der Waals surface area contributed by atoms with E-state index in [1.165, 1.54) is 0 Å². The highest BCUT2D eigenvalue weighted by atomic mass is 16.3. The van der Waals surface area contributed by atoms with Gasteiger partial charge in [-0.1, -0.05) is 6.92 Å². The lowest BCUT2D eigenvalue weighted by molar-refractivity contribution is 0.00748. The van der Waals surface area contributed by atoms with Gasteiger partial charge >= 0.3 is 0 Å². The molecule has 0 bridgehead atoms. The van der Waals surface area contributed by atoms with E-state index in [-0.39, 0.29) is 19.0 Å². The molecule has 1 aromatic carbocycles. The second kappa shape index (κ2) is 4.78. The number of aromatic hydroxyl groups is 1. The first kappa shape index (κ1) is 14.3. The van der Waals surface area contributed by atoms with Crippen molar-refractivity contribution in [3.8, 4) is 5.75 Å². The number of phenolic OH excluding ortho intramolecular Hbond substituents is 1. The molecule has 0 unspecified atom stereocenters. The topological polar surface area (TPSA) is 80.9 Å². The highest BCUT2D eigenvalue weighted by molar-refractivity contribution is 5.58. The SMILES string of the molecule is Cc1c(O)c2c(c(C)c1CCO)[C@@H](O)[C@](C)(CO)C2. The van der Waals surface area contributed by atoms with Gasteiger partial charge in [0.1, 0.15) is 5.75 Å². The van der Waals surface area contributed by atoms with E-state index in [4.69, 9.17) is 5.11 Å². The lowest BCUT2D eigenvalue weighted by Crippen LogP contribution is -2.26. The van der Waals surface area contributed by atoms with Crippen molar-refractivity contribution in [3.05, 3.63) is 27.8 Å². The number of aliphatic hydroxyl groups excluding tert-OH is 3. The van der Waals surface area contributed by atoms with E-state index >= 15 is 0 Å². The second-order valence-corrected chi connectivity index (χ2v) is 5.83. The molecule has 0 spiro atoms. The number of hydrogen-bond acceptors (Lipinski definition) is 4. The van der Waals surface area contributed by atoms with Crippen LogP contribution in [0.4, 0.5) is 0 Å². The Morgan fingerprint density at radius 3 is 2.37 bits per heavy atom. The summed E-state index contributed by atoms with van der Waals surface area (Å²) in [5, 5.41) is 39.4. The molecule has 0 radical (unpaired) electrons. The van der Waals surface area contributed by atoms with Gasteiger partial charge in [0.25, 0.3) is 0 Å². The Labute approximate surface area is 113 Å². The van der Waals surface area contributed by atoms with E-state index in [1.54, 1.807) is 0 Å². The molecule has 0 saturated heterocycles. The van der Waals surface area contributed by atoms with Gasteiger partial charge in [0.2, 0.25) is 0 Å². The zero-order chi connectivity index (χ0) is 14.4. The van der Waals surface area contributed by atoms with Crippen molar-refractivity contribution < 1.29 is 20.4 Å². The normalized spacial score (nSPS) is 25.7. The molecule has 0 heterocycles. The molecule has 0 saturated carbocycles. The summed E-state index contributed by atoms with van der Waals surface area (Å²) >= 11 is 0. The Bertz CT molecular complexity index is 510. The number of phenols is 1. The first-order valence-corrected chi connectivity index (χ1v) is 6.61. The zero-order valence-electron chi connectivity index (χ0n) is 11.7. The van der Waals surface area contributed by atoms with E-state index < -0.39 is 11.5 Å². The predicted octanol–water partition coefficient (Wildman–Crippen LogP) is 1.13. The third kappa shape index (κ3) is 1.95. The van der Waals surface area contributed by atoms with Crippen LogP contribution in [0.5, 0.6) is 5.75 Å². The number of hydrogen-bond donors (Lipinski definition) is 4. The Hall–Kier alpha value is -1.10. The second-order valence-electron chi connectivity index (χ2n) is 5.83. The van der Waals surface area contributed by atoms with Crippen LogP contribution < -0.4 is 0 Å². The maximum atomic E-state index is 10.5. The maximum absolute atomic E-state index is 10.5. The van der Waals surface area contributed by atoms with E-state index in [0.717, 1.165) is 27.8 Å². The van der Waals surface area contributed by atoms with Gasteiger partial charge in [0, 0.05) is 17.6 Å². The fourth-order valence-corrected chi connectivity index (χ4v) is 3.19. The van der Waals surface area contributed by atoms with E-state index in [9.17, 15) is 15.3 Å². The largest absolute Gasteiger partial charge is 0.507 e. The molecule has 0 fully saturated rings. The van der Waals surface area contributed by atoms with Gasteiger partial charge in [0.15, 0.2) is 0 Å². The number of rotatable bonds is 3. The first-order chi connectivity index (χ1) is 8.87. The maximum Gasteiger partial charge on any atom is 0.122 e. The molecule has 19 heavy (non-hydrogen) atoms. The molecule has 0 aliphatic heterocycles. The summed E-state index contributed by atoms with van der Waals surface area (Å²) in [4.78, 5) is 0. The third-order valence-electron chi connectivity index (χ3n) is 4.51. The molecule has 4 nitrogen and oxygen atoms in total. The van der Waals surface area contributed by atoms with Crippen molar-refractivity contribution >= 4 is 0 Å². The molecule has 4 heteroatoms. The Balaban J connectivity index is 2.66. The minimum absolute atomic E-state index is 0.00721. The van der Waals surface area contributed by atoms with Crippen LogP contribution in [-0.4, -0.2) is 33.6 Å². The van der Waals surface area contributed by atoms with Gasteiger partial charge in [-0.25, -0.2) is 0 Å². The molecule has 1 aromatic rings. The fourth-order valence-electron chi connectivity index (χ4n) is 3.19. The lowest BCUT2D eigenvalue weighted by Gasteiger charge is -2.26. The Morgan fingerprint density at radius 1 is 1.21 bits per heavy atom. The summed E-state index contributed by atoms with van der Waals surface area (Å²) in [5.41, 5.74) is 3.39. The van der Waals surface area contributed by atoms with E-state index in [2.05, 4.69) is 0 Å². The highest BCUT2D eigenvalue weighted by Crippen LogP contribution is 2.51. The first-order valence-electron chi connectivity index (χ1n) is 6.61. The van der Waals surface area contributed by atoms with Gasteiger partial charge in [-0.2, -0.15) is 0 Å². The van der Waals surface area contributed by atoms with Gasteiger partial charge in [-0.05, 0) is 48.9 Å². The van der Waals surface area contributed by atoms with Crippen molar-refractivity contribution in [2.24, 2.45) is 5.41 Å². The van der Waals surface area contributed by atoms with Crippen LogP contribution in [0.3, 0.4) is 0 Å². The molecule has 0 aromatic heterocycles. The average molecular weight is 266 g/mol. The number of fused-ring (bicyclic) bond motifs is 1. The summed E-state index contributed by atoms with van der Waals surface area (Å²) in [6, 6.07) is 0. The van der Waals surface area contributed by atoms with Crippen LogP contribution >= 0.6 is 0 Å². The van der Waals surface area contributed by atoms with Gasteiger partial charge in [-0.15, -0.1) is 0 Å². The number of benzene rings is 1. The fraction of sp³-hybridized carbons (Fsp3) is 0.600. The van der Waals surface area contributed by atoms with Crippen molar-refractivity contribution in [3.63, 3.8) is 0 Å². The zero-order valence-corrected chi connectivity index (χ0v) is 11.7. The molecule has 106 valence electrons. The summed E-state index contributed by atoms with van der Waals surface area (Å²) in [6.07, 6.45) is 0.144. The summed E-state index contributed by atoms with van der Waals surface area (Å²) in [7, 11) is 0. The van der Waals surface area contributed by atoms with Crippen molar-refractivity contribution in [2.75, 3.05) is 13.2 Å². The lowest BCUT2D eigenvalue weighted by atomic mass is 9.85. The monoisotopic (exact) mass is 266 g/mol. The predicted molar refractivity (Wildman–Crippen MR) is 72.2 cm³/mol. The van der Waals surface area contributed by atoms with Crippen LogP contribution in [0.15, 0.2) is 0 Å². The highest BCUT2D eigenvalue weighted by Gasteiger charge is 2.44. The van der Waals surface area contributed by atoms with E-state index in [0.29, 0.717) is 12.8 Å². The average Bonchev–Trinajstić information content (AvgIpc) is 2.66. The Kier molecular flexibility index (Phi) is 3.60. The van der Waals surface area contributed by atoms with Gasteiger partial charge in [-0.3, -0.25) is 0 Å². The molecular weight excluding hydrogens is 244 g/mol. The molecule has 1 aliphatic carbocycles. The molecule has 2 rings (SSSR count). The molecule has 1 aliphatic rings. The summed E-state index contributed by atoms with van der Waals surface area (Å²) < 4.78 is 0. The Morgan fingerprint density at radius 2 is 1.84 bits per heavy atom. The van der Waals surface area contributed by atoms with Crippen LogP contribution in [-0.2, 0) is 12.8 Å². The van der Waals surface area contributed by atoms with Crippen LogP contribution in [0.25, 0.3) is 0 Å². The van der Waals surface area contributed by atoms with Crippen molar-refractivity contribution in [1.29, 1.82) is 0 Å². The van der Waals surface area contributed by atoms with Crippen LogP contribution in [0.2, 0.25) is 0 Å². The van der Waals surface area contributed by atoms with Crippen LogP contribution in [0, 0.1) is 19.3 Å². The van der Waals surface area contributed by atoms with Gasteiger partial charge in [0.05, 0.1) is 12.7 Å². The minimum atomic E-state index is -0.781. The minimum Gasteiger partial charge on any atom is -0.507 e. The molecule has 2 atom stereocenters. The smallest absolute Gasteiger partial charge is 0.122 e. The third-order valence-corrected chi connectivity index (χ3v) is 4.51. The summed E-state index contributed by atoms with van der Waals surface area (Å²) in [6.45, 7) is 5.43. The standard InChI is InChI=1S/C15H22O4/c1-8-10(4-5-16)9(2)13(18)11-6-15(3,7-17)14(19)12(8)11/h14,16-19H,4-7H2,1-3H3/t14-,15+/m1/s1. The molecule has 4 N–H and O–H groups in total. The van der Waals surface area contributed by atoms with Crippen LogP contribution in [0.1, 0.15) is 40.8 Å².